The van der Waals surface area contributed by atoms with Crippen LogP contribution in [0.15, 0.2) is 54.6 Å². The molecule has 3 heteroatoms. The Morgan fingerprint density at radius 2 is 1.67 bits per heavy atom. The van der Waals surface area contributed by atoms with Gasteiger partial charge in [-0.15, -0.1) is 0 Å². The standard InChI is InChI=1S/C15H17NO2/c16-10-13-8-4-5-9-15(13)18-11-14(17)12-6-2-1-3-7-12/h1-9,14,17H,10-11,16H2. The fourth-order valence-electron chi connectivity index (χ4n) is 1.75. The highest BCUT2D eigenvalue weighted by Gasteiger charge is 2.09. The second kappa shape index (κ2) is 6.19. The molecule has 2 aromatic carbocycles. The minimum Gasteiger partial charge on any atom is -0.490 e. The van der Waals surface area contributed by atoms with Crippen molar-refractivity contribution in [1.29, 1.82) is 0 Å². The zero-order valence-corrected chi connectivity index (χ0v) is 10.1. The molecule has 3 nitrogen and oxygen atoms in total. The van der Waals surface area contributed by atoms with Gasteiger partial charge in [0.2, 0.25) is 0 Å². The van der Waals surface area contributed by atoms with E-state index < -0.39 is 6.10 Å². The predicted molar refractivity (Wildman–Crippen MR) is 71.2 cm³/mol. The first kappa shape index (κ1) is 12.6. The molecule has 0 aliphatic carbocycles. The maximum atomic E-state index is 9.99. The van der Waals surface area contributed by atoms with Crippen molar-refractivity contribution in [3.8, 4) is 5.75 Å². The number of benzene rings is 2. The van der Waals surface area contributed by atoms with Crippen LogP contribution in [0, 0.1) is 0 Å². The van der Waals surface area contributed by atoms with Crippen molar-refractivity contribution in [3.05, 3.63) is 65.7 Å². The lowest BCUT2D eigenvalue weighted by atomic mass is 10.1. The van der Waals surface area contributed by atoms with E-state index in [4.69, 9.17) is 10.5 Å². The molecule has 0 fully saturated rings. The molecule has 94 valence electrons. The van der Waals surface area contributed by atoms with E-state index in [2.05, 4.69) is 0 Å². The first-order valence-corrected chi connectivity index (χ1v) is 5.95. The third kappa shape index (κ3) is 3.09. The van der Waals surface area contributed by atoms with Gasteiger partial charge < -0.3 is 15.6 Å². The Hall–Kier alpha value is -1.84. The van der Waals surface area contributed by atoms with Gasteiger partial charge in [0.05, 0.1) is 0 Å². The van der Waals surface area contributed by atoms with E-state index in [9.17, 15) is 5.11 Å². The molecule has 0 amide bonds. The Labute approximate surface area is 107 Å². The minimum absolute atomic E-state index is 0.223. The van der Waals surface area contributed by atoms with E-state index in [1.165, 1.54) is 0 Å². The fourth-order valence-corrected chi connectivity index (χ4v) is 1.75. The number of aliphatic hydroxyl groups excluding tert-OH is 1. The molecule has 0 aliphatic heterocycles. The fraction of sp³-hybridized carbons (Fsp3) is 0.200. The normalized spacial score (nSPS) is 12.1. The Kier molecular flexibility index (Phi) is 4.34. The number of para-hydroxylation sites is 1. The van der Waals surface area contributed by atoms with Crippen molar-refractivity contribution < 1.29 is 9.84 Å². The van der Waals surface area contributed by atoms with Crippen LogP contribution in [0.4, 0.5) is 0 Å². The number of nitrogens with two attached hydrogens (primary N) is 1. The van der Waals surface area contributed by atoms with Crippen molar-refractivity contribution in [2.45, 2.75) is 12.6 Å². The van der Waals surface area contributed by atoms with Gasteiger partial charge in [-0.05, 0) is 11.6 Å². The average Bonchev–Trinajstić information content (AvgIpc) is 2.46. The van der Waals surface area contributed by atoms with E-state index in [0.29, 0.717) is 6.54 Å². The number of ether oxygens (including phenoxy) is 1. The summed E-state index contributed by atoms with van der Waals surface area (Å²) < 4.78 is 5.61. The van der Waals surface area contributed by atoms with Crippen LogP contribution in [0.5, 0.6) is 5.75 Å². The van der Waals surface area contributed by atoms with E-state index in [1.807, 2.05) is 54.6 Å². The maximum Gasteiger partial charge on any atom is 0.123 e. The minimum atomic E-state index is -0.628. The Morgan fingerprint density at radius 3 is 2.39 bits per heavy atom. The second-order valence-electron chi connectivity index (χ2n) is 4.05. The molecule has 1 unspecified atom stereocenters. The third-order valence-corrected chi connectivity index (χ3v) is 2.77. The van der Waals surface area contributed by atoms with Gasteiger partial charge in [-0.1, -0.05) is 48.5 Å². The monoisotopic (exact) mass is 243 g/mol. The summed E-state index contributed by atoms with van der Waals surface area (Å²) in [6, 6.07) is 17.1. The second-order valence-corrected chi connectivity index (χ2v) is 4.05. The molecule has 0 aliphatic rings. The van der Waals surface area contributed by atoms with Gasteiger partial charge >= 0.3 is 0 Å². The van der Waals surface area contributed by atoms with Crippen molar-refractivity contribution in [2.24, 2.45) is 5.73 Å². The SMILES string of the molecule is NCc1ccccc1OCC(O)c1ccccc1. The molecule has 0 spiro atoms. The summed E-state index contributed by atoms with van der Waals surface area (Å²) >= 11 is 0. The van der Waals surface area contributed by atoms with Crippen LogP contribution >= 0.6 is 0 Å². The molecule has 0 aromatic heterocycles. The van der Waals surface area contributed by atoms with Crippen LogP contribution in [0.2, 0.25) is 0 Å². The van der Waals surface area contributed by atoms with Crippen molar-refractivity contribution >= 4 is 0 Å². The summed E-state index contributed by atoms with van der Waals surface area (Å²) in [5.74, 6) is 0.731. The molecule has 1 atom stereocenters. The zero-order valence-electron chi connectivity index (χ0n) is 10.1. The summed E-state index contributed by atoms with van der Waals surface area (Å²) in [5, 5.41) is 9.99. The lowest BCUT2D eigenvalue weighted by molar-refractivity contribution is 0.107. The van der Waals surface area contributed by atoms with E-state index in [1.54, 1.807) is 0 Å². The van der Waals surface area contributed by atoms with E-state index in [-0.39, 0.29) is 6.61 Å². The third-order valence-electron chi connectivity index (χ3n) is 2.77. The lowest BCUT2D eigenvalue weighted by Crippen LogP contribution is -2.11. The molecular formula is C15H17NO2. The first-order chi connectivity index (χ1) is 8.81. The molecular weight excluding hydrogens is 226 g/mol. The van der Waals surface area contributed by atoms with Crippen molar-refractivity contribution in [3.63, 3.8) is 0 Å². The van der Waals surface area contributed by atoms with Crippen LogP contribution in [-0.2, 0) is 6.54 Å². The van der Waals surface area contributed by atoms with Gasteiger partial charge in [-0.3, -0.25) is 0 Å². The van der Waals surface area contributed by atoms with Crippen LogP contribution in [0.25, 0.3) is 0 Å². The maximum absolute atomic E-state index is 9.99. The van der Waals surface area contributed by atoms with E-state index in [0.717, 1.165) is 16.9 Å². The topological polar surface area (TPSA) is 55.5 Å². The van der Waals surface area contributed by atoms with Crippen LogP contribution < -0.4 is 10.5 Å². The van der Waals surface area contributed by atoms with E-state index >= 15 is 0 Å². The van der Waals surface area contributed by atoms with Crippen LogP contribution in [0.3, 0.4) is 0 Å². The average molecular weight is 243 g/mol. The smallest absolute Gasteiger partial charge is 0.123 e. The molecule has 0 saturated heterocycles. The van der Waals surface area contributed by atoms with Crippen molar-refractivity contribution in [2.75, 3.05) is 6.61 Å². The van der Waals surface area contributed by atoms with Gasteiger partial charge in [-0.25, -0.2) is 0 Å². The zero-order chi connectivity index (χ0) is 12.8. The quantitative estimate of drug-likeness (QED) is 0.847. The molecule has 0 bridgehead atoms. The molecule has 0 heterocycles. The molecule has 2 rings (SSSR count). The molecule has 0 radical (unpaired) electrons. The highest BCUT2D eigenvalue weighted by Crippen LogP contribution is 2.20. The molecule has 18 heavy (non-hydrogen) atoms. The van der Waals surface area contributed by atoms with Crippen molar-refractivity contribution in [1.82, 2.24) is 0 Å². The molecule has 2 aromatic rings. The Bertz CT molecular complexity index is 485. The highest BCUT2D eigenvalue weighted by molar-refractivity contribution is 5.33. The molecule has 3 N–H and O–H groups in total. The van der Waals surface area contributed by atoms with Gasteiger partial charge in [0, 0.05) is 12.1 Å². The summed E-state index contributed by atoms with van der Waals surface area (Å²) in [4.78, 5) is 0. The van der Waals surface area contributed by atoms with Crippen LogP contribution in [-0.4, -0.2) is 11.7 Å². The lowest BCUT2D eigenvalue weighted by Gasteiger charge is -2.14. The summed E-state index contributed by atoms with van der Waals surface area (Å²) in [6.45, 7) is 0.651. The number of hydrogen-bond donors (Lipinski definition) is 2. The Balaban J connectivity index is 1.99. The Morgan fingerprint density at radius 1 is 1.00 bits per heavy atom. The van der Waals surface area contributed by atoms with Gasteiger partial charge in [0.15, 0.2) is 0 Å². The predicted octanol–water partition coefficient (Wildman–Crippen LogP) is 2.26. The summed E-state index contributed by atoms with van der Waals surface area (Å²) in [7, 11) is 0. The number of rotatable bonds is 5. The molecule has 0 saturated carbocycles. The summed E-state index contributed by atoms with van der Waals surface area (Å²) in [5.41, 5.74) is 7.42. The van der Waals surface area contributed by atoms with Gasteiger partial charge in [0.1, 0.15) is 18.5 Å². The largest absolute Gasteiger partial charge is 0.490 e. The summed E-state index contributed by atoms with van der Waals surface area (Å²) in [6.07, 6.45) is -0.628. The number of aliphatic hydroxyl groups is 1. The van der Waals surface area contributed by atoms with Gasteiger partial charge in [0.25, 0.3) is 0 Å². The first-order valence-electron chi connectivity index (χ1n) is 5.95. The van der Waals surface area contributed by atoms with Gasteiger partial charge in [-0.2, -0.15) is 0 Å². The van der Waals surface area contributed by atoms with Crippen LogP contribution in [0.1, 0.15) is 17.2 Å². The number of hydrogen-bond acceptors (Lipinski definition) is 3. The highest BCUT2D eigenvalue weighted by atomic mass is 16.5.